The van der Waals surface area contributed by atoms with Crippen molar-refractivity contribution < 1.29 is 13.2 Å². The molecule has 0 aliphatic carbocycles. The van der Waals surface area contributed by atoms with Crippen molar-refractivity contribution in [3.8, 4) is 0 Å². The topological polar surface area (TPSA) is 75.6 Å². The Bertz CT molecular complexity index is 741. The van der Waals surface area contributed by atoms with E-state index in [0.717, 1.165) is 5.56 Å². The van der Waals surface area contributed by atoms with Crippen molar-refractivity contribution in [2.75, 3.05) is 0 Å². The Labute approximate surface area is 144 Å². The zero-order chi connectivity index (χ0) is 18.1. The Kier molecular flexibility index (Phi) is 5.18. The normalized spacial score (nSPS) is 21.2. The van der Waals surface area contributed by atoms with Gasteiger partial charge in [-0.15, -0.1) is 4.40 Å². The Balaban J connectivity index is 2.39. The van der Waals surface area contributed by atoms with Crippen molar-refractivity contribution >= 4 is 21.8 Å². The van der Waals surface area contributed by atoms with Gasteiger partial charge >= 0.3 is 0 Å². The van der Waals surface area contributed by atoms with Crippen LogP contribution in [0.25, 0.3) is 0 Å². The van der Waals surface area contributed by atoms with E-state index in [1.54, 1.807) is 13.8 Å². The number of rotatable bonds is 3. The van der Waals surface area contributed by atoms with Gasteiger partial charge in [-0.05, 0) is 36.8 Å². The second-order valence-corrected chi connectivity index (χ2v) is 9.71. The number of amidine groups is 1. The lowest BCUT2D eigenvalue weighted by Gasteiger charge is -2.26. The molecule has 1 atom stereocenters. The Morgan fingerprint density at radius 3 is 2.25 bits per heavy atom. The molecule has 1 aromatic rings. The molecule has 0 radical (unpaired) electrons. The second kappa shape index (κ2) is 6.67. The van der Waals surface area contributed by atoms with Crippen LogP contribution in [0.3, 0.4) is 0 Å². The third kappa shape index (κ3) is 4.23. The van der Waals surface area contributed by atoms with Crippen LogP contribution in [0.1, 0.15) is 64.5 Å². The highest BCUT2D eigenvalue weighted by Gasteiger charge is 2.29. The maximum absolute atomic E-state index is 12.1. The predicted octanol–water partition coefficient (Wildman–Crippen LogP) is 3.11. The summed E-state index contributed by atoms with van der Waals surface area (Å²) >= 11 is 0. The van der Waals surface area contributed by atoms with Crippen LogP contribution in [0, 0.1) is 0 Å². The molecule has 0 spiro atoms. The van der Waals surface area contributed by atoms with Crippen LogP contribution in [0.2, 0.25) is 0 Å². The van der Waals surface area contributed by atoms with Crippen LogP contribution in [-0.4, -0.2) is 25.4 Å². The number of nitrogens with one attached hydrogen (secondary N) is 1. The average Bonchev–Trinajstić information content (AvgIpc) is 2.46. The summed E-state index contributed by atoms with van der Waals surface area (Å²) in [6.45, 7) is 9.59. The molecule has 0 saturated carbocycles. The molecule has 1 unspecified atom stereocenters. The summed E-state index contributed by atoms with van der Waals surface area (Å²) in [5, 5.41) is 2.03. The van der Waals surface area contributed by atoms with Gasteiger partial charge in [-0.1, -0.05) is 45.0 Å². The summed E-state index contributed by atoms with van der Waals surface area (Å²) in [5.41, 5.74) is 2.23. The van der Waals surface area contributed by atoms with Gasteiger partial charge in [-0.25, -0.2) is 8.42 Å². The van der Waals surface area contributed by atoms with Crippen molar-refractivity contribution in [3.05, 3.63) is 35.4 Å². The monoisotopic (exact) mass is 350 g/mol. The molecular weight excluding hydrogens is 324 g/mol. The zero-order valence-corrected chi connectivity index (χ0v) is 15.8. The fourth-order valence-corrected chi connectivity index (χ4v) is 3.23. The largest absolute Gasteiger partial charge is 0.313 e. The SMILES string of the molecule is CC(C)S(=O)(=O)N=C1NC(=O)CCC1c1ccc(C(C)(C)C)cc1. The lowest BCUT2D eigenvalue weighted by molar-refractivity contribution is -0.120. The van der Waals surface area contributed by atoms with E-state index in [9.17, 15) is 13.2 Å². The minimum atomic E-state index is -3.62. The van der Waals surface area contributed by atoms with Crippen LogP contribution < -0.4 is 5.32 Å². The number of sulfonamides is 1. The van der Waals surface area contributed by atoms with Crippen molar-refractivity contribution in [1.82, 2.24) is 5.32 Å². The van der Waals surface area contributed by atoms with E-state index in [0.29, 0.717) is 12.8 Å². The molecule has 6 heteroatoms. The second-order valence-electron chi connectivity index (χ2n) is 7.55. The van der Waals surface area contributed by atoms with Crippen LogP contribution in [0.15, 0.2) is 28.7 Å². The highest BCUT2D eigenvalue weighted by atomic mass is 32.2. The fraction of sp³-hybridized carbons (Fsp3) is 0.556. The number of carbonyl (C=O) groups is 1. The summed E-state index contributed by atoms with van der Waals surface area (Å²) in [7, 11) is -3.62. The Hall–Kier alpha value is -1.69. The van der Waals surface area contributed by atoms with Gasteiger partial charge in [0.15, 0.2) is 0 Å². The van der Waals surface area contributed by atoms with Gasteiger partial charge in [0.25, 0.3) is 10.0 Å². The lowest BCUT2D eigenvalue weighted by Crippen LogP contribution is -2.40. The van der Waals surface area contributed by atoms with Crippen LogP contribution in [0.4, 0.5) is 0 Å². The van der Waals surface area contributed by atoms with Crippen LogP contribution >= 0.6 is 0 Å². The first-order chi connectivity index (χ1) is 11.0. The number of nitrogens with zero attached hydrogens (tertiary/aromatic N) is 1. The molecule has 1 amide bonds. The smallest absolute Gasteiger partial charge is 0.257 e. The molecule has 1 saturated heterocycles. The van der Waals surface area contributed by atoms with Crippen LogP contribution in [-0.2, 0) is 20.2 Å². The van der Waals surface area contributed by atoms with Crippen molar-refractivity contribution in [2.24, 2.45) is 4.40 Å². The molecule has 1 aromatic carbocycles. The first kappa shape index (κ1) is 18.6. The molecule has 1 heterocycles. The maximum Gasteiger partial charge on any atom is 0.257 e. The Morgan fingerprint density at radius 1 is 1.17 bits per heavy atom. The van der Waals surface area contributed by atoms with Crippen molar-refractivity contribution in [2.45, 2.75) is 64.0 Å². The minimum absolute atomic E-state index is 0.0528. The fourth-order valence-electron chi connectivity index (χ4n) is 2.57. The summed E-state index contributed by atoms with van der Waals surface area (Å²) in [5.74, 6) is -0.149. The molecule has 0 bridgehead atoms. The standard InChI is InChI=1S/C18H26N2O3S/c1-12(2)24(22,23)20-17-15(10-11-16(21)19-17)13-6-8-14(9-7-13)18(3,4)5/h6-9,12,15H,10-11H2,1-5H3,(H,19,20,21). The van der Waals surface area contributed by atoms with E-state index >= 15 is 0 Å². The minimum Gasteiger partial charge on any atom is -0.313 e. The third-order valence-corrected chi connectivity index (χ3v) is 5.90. The summed E-state index contributed by atoms with van der Waals surface area (Å²) in [6.07, 6.45) is 0.930. The van der Waals surface area contributed by atoms with Crippen molar-refractivity contribution in [1.29, 1.82) is 0 Å². The molecule has 5 nitrogen and oxygen atoms in total. The number of piperidine rings is 1. The van der Waals surface area contributed by atoms with E-state index in [-0.39, 0.29) is 23.1 Å². The van der Waals surface area contributed by atoms with Gasteiger partial charge < -0.3 is 5.32 Å². The van der Waals surface area contributed by atoms with E-state index in [1.807, 2.05) is 12.1 Å². The lowest BCUT2D eigenvalue weighted by atomic mass is 9.84. The van der Waals surface area contributed by atoms with Gasteiger partial charge in [-0.2, -0.15) is 0 Å². The number of hydrogen-bond donors (Lipinski definition) is 1. The first-order valence-corrected chi connectivity index (χ1v) is 9.75. The molecular formula is C18H26N2O3S. The molecule has 2 rings (SSSR count). The maximum atomic E-state index is 12.1. The van der Waals surface area contributed by atoms with Gasteiger partial charge in [0.05, 0.1) is 5.25 Å². The summed E-state index contributed by atoms with van der Waals surface area (Å²) < 4.78 is 28.2. The Morgan fingerprint density at radius 2 is 1.75 bits per heavy atom. The van der Waals surface area contributed by atoms with E-state index in [1.165, 1.54) is 5.56 Å². The molecule has 1 aliphatic rings. The van der Waals surface area contributed by atoms with Gasteiger partial charge in [0.1, 0.15) is 5.84 Å². The van der Waals surface area contributed by atoms with Crippen LogP contribution in [0.5, 0.6) is 0 Å². The van der Waals surface area contributed by atoms with Gasteiger partial charge in [-0.3, -0.25) is 4.79 Å². The van der Waals surface area contributed by atoms with Gasteiger partial charge in [0, 0.05) is 12.3 Å². The molecule has 132 valence electrons. The predicted molar refractivity (Wildman–Crippen MR) is 96.8 cm³/mol. The highest BCUT2D eigenvalue weighted by molar-refractivity contribution is 7.90. The molecule has 0 aromatic heterocycles. The van der Waals surface area contributed by atoms with Crippen molar-refractivity contribution in [3.63, 3.8) is 0 Å². The summed E-state index contributed by atoms with van der Waals surface area (Å²) in [4.78, 5) is 11.7. The molecule has 1 fully saturated rings. The quantitative estimate of drug-likeness (QED) is 0.910. The number of amides is 1. The molecule has 1 N–H and O–H groups in total. The molecule has 1 aliphatic heterocycles. The number of hydrogen-bond acceptors (Lipinski definition) is 3. The highest BCUT2D eigenvalue weighted by Crippen LogP contribution is 2.29. The number of carbonyl (C=O) groups excluding carboxylic acids is 1. The first-order valence-electron chi connectivity index (χ1n) is 8.24. The molecule has 24 heavy (non-hydrogen) atoms. The summed E-state index contributed by atoms with van der Waals surface area (Å²) in [6, 6.07) is 8.11. The van der Waals surface area contributed by atoms with E-state index in [4.69, 9.17) is 0 Å². The third-order valence-electron chi connectivity index (χ3n) is 4.26. The zero-order valence-electron chi connectivity index (χ0n) is 15.0. The average molecular weight is 350 g/mol. The van der Waals surface area contributed by atoms with E-state index < -0.39 is 15.3 Å². The van der Waals surface area contributed by atoms with E-state index in [2.05, 4.69) is 42.6 Å². The van der Waals surface area contributed by atoms with Gasteiger partial charge in [0.2, 0.25) is 5.91 Å². The number of benzene rings is 1.